The van der Waals surface area contributed by atoms with Crippen LogP contribution >= 0.6 is 22.7 Å². The molecule has 0 atom stereocenters. The molecule has 0 saturated carbocycles. The van der Waals surface area contributed by atoms with Gasteiger partial charge in [-0.05, 0) is 67.9 Å². The largest absolute Gasteiger partial charge is 0.389 e. The summed E-state index contributed by atoms with van der Waals surface area (Å²) < 4.78 is 30.7. The Morgan fingerprint density at radius 1 is 1.09 bits per heavy atom. The highest BCUT2D eigenvalue weighted by atomic mass is 32.2. The second kappa shape index (κ2) is 14.5. The number of unbranched alkanes of at least 4 members (excludes halogenated alkanes) is 4. The first-order valence-electron chi connectivity index (χ1n) is 14.8. The van der Waals surface area contributed by atoms with E-state index in [1.807, 2.05) is 10.7 Å². The molecule has 0 aliphatic carbocycles. The molecule has 1 aliphatic heterocycles. The Balaban J connectivity index is 1.12. The molecular weight excluding hydrogens is 603 g/mol. The average molecular weight is 642 g/mol. The summed E-state index contributed by atoms with van der Waals surface area (Å²) in [4.78, 5) is 20.1. The molecule has 230 valence electrons. The number of rotatable bonds is 15. The molecule has 1 aliphatic rings. The van der Waals surface area contributed by atoms with E-state index in [4.69, 9.17) is 0 Å². The zero-order chi connectivity index (χ0) is 30.2. The number of hydrogen-bond donors (Lipinski definition) is 3. The van der Waals surface area contributed by atoms with Crippen molar-refractivity contribution in [3.8, 4) is 0 Å². The third kappa shape index (κ3) is 8.43. The highest BCUT2D eigenvalue weighted by Gasteiger charge is 2.21. The Morgan fingerprint density at radius 2 is 1.93 bits per heavy atom. The molecule has 1 amide bonds. The van der Waals surface area contributed by atoms with Gasteiger partial charge in [0.1, 0.15) is 4.21 Å². The molecule has 0 radical (unpaired) electrons. The van der Waals surface area contributed by atoms with E-state index in [0.29, 0.717) is 22.0 Å². The van der Waals surface area contributed by atoms with Crippen LogP contribution in [0.1, 0.15) is 68.1 Å². The van der Waals surface area contributed by atoms with Gasteiger partial charge in [0.15, 0.2) is 10.8 Å². The second-order valence-electron chi connectivity index (χ2n) is 10.7. The monoisotopic (exact) mass is 641 g/mol. The number of fused-ring (bicyclic) bond motifs is 2. The average Bonchev–Trinajstić information content (AvgIpc) is 3.72. The fourth-order valence-corrected chi connectivity index (χ4v) is 7.98. The summed E-state index contributed by atoms with van der Waals surface area (Å²) in [5.74, 6) is -0.304. The topological polar surface area (TPSA) is 121 Å². The fraction of sp³-hybridized carbons (Fsp3) is 0.433. The van der Waals surface area contributed by atoms with Gasteiger partial charge in [-0.15, -0.1) is 11.3 Å². The summed E-state index contributed by atoms with van der Waals surface area (Å²) in [7, 11) is -3.65. The van der Waals surface area contributed by atoms with Gasteiger partial charge in [-0.1, -0.05) is 50.2 Å². The fourth-order valence-electron chi connectivity index (χ4n) is 5.04. The lowest BCUT2D eigenvalue weighted by Crippen LogP contribution is -2.24. The van der Waals surface area contributed by atoms with Crippen LogP contribution in [-0.4, -0.2) is 53.6 Å². The number of allylic oxidation sites excluding steroid dienone is 1. The van der Waals surface area contributed by atoms with Crippen LogP contribution in [0.15, 0.2) is 58.3 Å². The van der Waals surface area contributed by atoms with Crippen molar-refractivity contribution in [3.63, 3.8) is 0 Å². The molecule has 3 aromatic heterocycles. The number of carbonyl (C=O) groups excluding carboxylic acids is 1. The molecule has 4 aromatic rings. The number of thiazole rings is 1. The molecule has 1 aromatic carbocycles. The molecule has 0 fully saturated rings. The quantitative estimate of drug-likeness (QED) is 0.131. The Morgan fingerprint density at radius 3 is 2.74 bits per heavy atom. The number of thiophene rings is 1. The predicted octanol–water partition coefficient (Wildman–Crippen LogP) is 6.28. The van der Waals surface area contributed by atoms with E-state index < -0.39 is 10.0 Å². The van der Waals surface area contributed by atoms with E-state index in [2.05, 4.69) is 43.8 Å². The van der Waals surface area contributed by atoms with Crippen LogP contribution in [0.25, 0.3) is 10.2 Å². The van der Waals surface area contributed by atoms with Crippen molar-refractivity contribution in [2.45, 2.75) is 69.2 Å². The number of aryl methyl sites for hydroxylation is 1. The molecule has 3 N–H and O–H groups in total. The van der Waals surface area contributed by atoms with E-state index in [-0.39, 0.29) is 10.1 Å². The van der Waals surface area contributed by atoms with E-state index in [1.54, 1.807) is 35.7 Å². The number of amides is 1. The van der Waals surface area contributed by atoms with Gasteiger partial charge in [0.25, 0.3) is 15.9 Å². The van der Waals surface area contributed by atoms with Crippen LogP contribution in [0.2, 0.25) is 0 Å². The SMILES string of the molecule is C=C(CC)NCCCCCCCN1CCCn2nc(C(=O)Nc3nc4ccc(NS(=O)(=O)c5cccs5)cc4s3)cc2C1. The highest BCUT2D eigenvalue weighted by molar-refractivity contribution is 7.94. The van der Waals surface area contributed by atoms with Gasteiger partial charge in [0.2, 0.25) is 0 Å². The number of anilines is 2. The third-order valence-electron chi connectivity index (χ3n) is 7.40. The van der Waals surface area contributed by atoms with Crippen LogP contribution in [0.5, 0.6) is 0 Å². The van der Waals surface area contributed by atoms with Crippen LogP contribution in [0.4, 0.5) is 10.8 Å². The molecule has 0 saturated heterocycles. The van der Waals surface area contributed by atoms with Crippen LogP contribution < -0.4 is 15.4 Å². The summed E-state index contributed by atoms with van der Waals surface area (Å²) in [6, 6.07) is 10.3. The summed E-state index contributed by atoms with van der Waals surface area (Å²) in [5.41, 5.74) is 3.66. The second-order valence-corrected chi connectivity index (χ2v) is 14.6. The lowest BCUT2D eigenvalue weighted by atomic mass is 10.1. The lowest BCUT2D eigenvalue weighted by molar-refractivity contribution is 0.102. The minimum atomic E-state index is -3.65. The first-order valence-corrected chi connectivity index (χ1v) is 18.0. The zero-order valence-electron chi connectivity index (χ0n) is 24.5. The number of sulfonamides is 1. The van der Waals surface area contributed by atoms with Crippen molar-refractivity contribution < 1.29 is 13.2 Å². The smallest absolute Gasteiger partial charge is 0.277 e. The number of nitrogens with zero attached hydrogens (tertiary/aromatic N) is 4. The first kappa shape index (κ1) is 31.2. The maximum atomic E-state index is 13.1. The van der Waals surface area contributed by atoms with Crippen LogP contribution in [-0.2, 0) is 23.1 Å². The van der Waals surface area contributed by atoms with Crippen LogP contribution in [0.3, 0.4) is 0 Å². The molecule has 10 nitrogen and oxygen atoms in total. The molecular formula is C30H39N7O3S3. The number of carbonyl (C=O) groups is 1. The Labute approximate surface area is 261 Å². The third-order valence-corrected chi connectivity index (χ3v) is 11.1. The maximum Gasteiger partial charge on any atom is 0.277 e. The summed E-state index contributed by atoms with van der Waals surface area (Å²) in [5, 5.41) is 13.0. The van der Waals surface area contributed by atoms with Gasteiger partial charge >= 0.3 is 0 Å². The minimum Gasteiger partial charge on any atom is -0.389 e. The molecule has 5 rings (SSSR count). The lowest BCUT2D eigenvalue weighted by Gasteiger charge is -2.19. The minimum absolute atomic E-state index is 0.250. The van der Waals surface area contributed by atoms with Gasteiger partial charge in [0.05, 0.1) is 21.6 Å². The first-order chi connectivity index (χ1) is 20.8. The van der Waals surface area contributed by atoms with Crippen molar-refractivity contribution in [2.24, 2.45) is 0 Å². The van der Waals surface area contributed by atoms with E-state index in [9.17, 15) is 13.2 Å². The number of benzene rings is 1. The Kier molecular flexibility index (Phi) is 10.5. The van der Waals surface area contributed by atoms with Crippen molar-refractivity contribution in [1.82, 2.24) is 25.0 Å². The van der Waals surface area contributed by atoms with Crippen LogP contribution in [0, 0.1) is 0 Å². The number of hydrogen-bond acceptors (Lipinski definition) is 9. The van der Waals surface area contributed by atoms with Crippen molar-refractivity contribution in [1.29, 1.82) is 0 Å². The number of aromatic nitrogens is 3. The molecule has 4 heterocycles. The van der Waals surface area contributed by atoms with E-state index >= 15 is 0 Å². The zero-order valence-corrected chi connectivity index (χ0v) is 26.9. The van der Waals surface area contributed by atoms with E-state index in [0.717, 1.165) is 73.0 Å². The van der Waals surface area contributed by atoms with Gasteiger partial charge < -0.3 is 5.32 Å². The molecule has 0 unspecified atom stereocenters. The van der Waals surface area contributed by atoms with E-state index in [1.165, 1.54) is 43.4 Å². The summed E-state index contributed by atoms with van der Waals surface area (Å²) in [6.45, 7) is 10.8. The van der Waals surface area contributed by atoms with Crippen molar-refractivity contribution >= 4 is 59.6 Å². The summed E-state index contributed by atoms with van der Waals surface area (Å²) >= 11 is 2.45. The number of nitrogens with one attached hydrogen (secondary N) is 3. The summed E-state index contributed by atoms with van der Waals surface area (Å²) in [6.07, 6.45) is 8.04. The highest BCUT2D eigenvalue weighted by Crippen LogP contribution is 2.30. The van der Waals surface area contributed by atoms with Gasteiger partial charge in [-0.3, -0.25) is 24.4 Å². The molecule has 0 bridgehead atoms. The molecule has 43 heavy (non-hydrogen) atoms. The Hall–Kier alpha value is -3.26. The Bertz CT molecular complexity index is 1640. The molecule has 13 heteroatoms. The predicted molar refractivity (Wildman–Crippen MR) is 175 cm³/mol. The standard InChI is InChI=1S/C30H39N7O3S3/c1-3-22(2)31-14-7-5-4-6-8-15-36-16-10-17-37-24(21-36)20-26(34-37)29(38)33-30-32-25-13-12-23(19-27(25)42-30)35-43(39,40)28-11-9-18-41-28/h9,11-13,18-20,31,35H,2-8,10,14-17,21H2,1H3,(H,32,33,38). The maximum absolute atomic E-state index is 13.1. The van der Waals surface area contributed by atoms with Gasteiger partial charge in [0, 0.05) is 31.9 Å². The van der Waals surface area contributed by atoms with Gasteiger partial charge in [-0.2, -0.15) is 5.10 Å². The normalized spacial score (nSPS) is 13.9. The molecule has 0 spiro atoms. The van der Waals surface area contributed by atoms with Gasteiger partial charge in [-0.25, -0.2) is 13.4 Å². The van der Waals surface area contributed by atoms with Crippen molar-refractivity contribution in [3.05, 3.63) is 65.4 Å². The van der Waals surface area contributed by atoms with Crippen molar-refractivity contribution in [2.75, 3.05) is 29.7 Å².